The highest BCUT2D eigenvalue weighted by atomic mass is 35.5. The Morgan fingerprint density at radius 1 is 1.38 bits per heavy atom. The molecule has 0 aliphatic carbocycles. The fourth-order valence-electron chi connectivity index (χ4n) is 1.13. The Labute approximate surface area is 104 Å². The summed E-state index contributed by atoms with van der Waals surface area (Å²) in [7, 11) is 1.63. The van der Waals surface area contributed by atoms with Crippen LogP contribution in [0.5, 0.6) is 5.75 Å². The summed E-state index contributed by atoms with van der Waals surface area (Å²) in [5.74, 6) is 0.541. The first-order valence-electron chi connectivity index (χ1n) is 4.76. The summed E-state index contributed by atoms with van der Waals surface area (Å²) in [6.07, 6.45) is 0.781. The topological polar surface area (TPSA) is 35.5 Å². The van der Waals surface area contributed by atoms with Crippen molar-refractivity contribution in [2.75, 3.05) is 20.3 Å². The maximum Gasteiger partial charge on any atom is 0.252 e. The van der Waals surface area contributed by atoms with Crippen LogP contribution in [-0.2, 0) is 4.74 Å². The molecule has 88 valence electrons. The second kappa shape index (κ2) is 6.74. The van der Waals surface area contributed by atoms with Gasteiger partial charge < -0.3 is 9.47 Å². The number of hydrogen-bond acceptors (Lipinski definition) is 3. The molecule has 0 amide bonds. The van der Waals surface area contributed by atoms with E-state index in [1.54, 1.807) is 19.2 Å². The standard InChI is InChI=1S/C11H12Cl2O3/c1-15-5-2-6-16-10-4-3-8(11(13)14)7-9(10)12/h3-4,7H,2,5-6H2,1H3. The van der Waals surface area contributed by atoms with Crippen LogP contribution in [0.25, 0.3) is 0 Å². The van der Waals surface area contributed by atoms with Crippen LogP contribution >= 0.6 is 23.2 Å². The Morgan fingerprint density at radius 3 is 2.69 bits per heavy atom. The van der Waals surface area contributed by atoms with Crippen molar-refractivity contribution in [1.29, 1.82) is 0 Å². The molecule has 1 aromatic rings. The number of rotatable bonds is 6. The number of carbonyl (C=O) groups excluding carboxylic acids is 1. The molecule has 0 N–H and O–H groups in total. The fraction of sp³-hybridized carbons (Fsp3) is 0.364. The average molecular weight is 263 g/mol. The van der Waals surface area contributed by atoms with Gasteiger partial charge in [-0.1, -0.05) is 11.6 Å². The molecule has 1 rings (SSSR count). The van der Waals surface area contributed by atoms with Crippen LogP contribution in [0.15, 0.2) is 18.2 Å². The lowest BCUT2D eigenvalue weighted by Gasteiger charge is -2.08. The zero-order chi connectivity index (χ0) is 12.0. The van der Waals surface area contributed by atoms with Crippen LogP contribution in [0.3, 0.4) is 0 Å². The van der Waals surface area contributed by atoms with Crippen molar-refractivity contribution in [3.63, 3.8) is 0 Å². The summed E-state index contributed by atoms with van der Waals surface area (Å²) in [6.45, 7) is 1.15. The quantitative estimate of drug-likeness (QED) is 0.584. The summed E-state index contributed by atoms with van der Waals surface area (Å²) in [5, 5.41) is -0.156. The van der Waals surface area contributed by atoms with Gasteiger partial charge in [-0.15, -0.1) is 0 Å². The van der Waals surface area contributed by atoms with E-state index in [4.69, 9.17) is 32.7 Å². The molecule has 0 heterocycles. The number of methoxy groups -OCH3 is 1. The molecule has 0 fully saturated rings. The Bertz CT molecular complexity index is 366. The number of ether oxygens (including phenoxy) is 2. The monoisotopic (exact) mass is 262 g/mol. The first-order chi connectivity index (χ1) is 7.65. The maximum atomic E-state index is 10.9. The normalized spacial score (nSPS) is 10.2. The van der Waals surface area contributed by atoms with E-state index >= 15 is 0 Å². The van der Waals surface area contributed by atoms with Gasteiger partial charge in [0, 0.05) is 25.7 Å². The van der Waals surface area contributed by atoms with Crippen molar-refractivity contribution < 1.29 is 14.3 Å². The molecule has 3 nitrogen and oxygen atoms in total. The Balaban J connectivity index is 2.57. The summed E-state index contributed by atoms with van der Waals surface area (Å²) in [6, 6.07) is 4.69. The van der Waals surface area contributed by atoms with Gasteiger partial charge in [-0.05, 0) is 29.8 Å². The number of hydrogen-bond donors (Lipinski definition) is 0. The van der Waals surface area contributed by atoms with Crippen molar-refractivity contribution in [3.05, 3.63) is 28.8 Å². The van der Waals surface area contributed by atoms with Crippen molar-refractivity contribution in [3.8, 4) is 5.75 Å². The van der Waals surface area contributed by atoms with Gasteiger partial charge in [-0.2, -0.15) is 0 Å². The van der Waals surface area contributed by atoms with Gasteiger partial charge >= 0.3 is 0 Å². The Hall–Kier alpha value is -0.770. The lowest BCUT2D eigenvalue weighted by molar-refractivity contribution is 0.108. The molecule has 1 aromatic carbocycles. The summed E-state index contributed by atoms with van der Waals surface area (Å²) in [4.78, 5) is 10.9. The molecule has 0 aliphatic rings. The van der Waals surface area contributed by atoms with Gasteiger partial charge in [0.15, 0.2) is 0 Å². The molecular formula is C11H12Cl2O3. The third-order valence-electron chi connectivity index (χ3n) is 1.91. The van der Waals surface area contributed by atoms with Crippen molar-refractivity contribution in [2.45, 2.75) is 6.42 Å². The molecule has 0 bridgehead atoms. The van der Waals surface area contributed by atoms with E-state index < -0.39 is 5.24 Å². The predicted molar refractivity (Wildman–Crippen MR) is 63.6 cm³/mol. The highest BCUT2D eigenvalue weighted by Gasteiger charge is 2.06. The second-order valence-corrected chi connectivity index (χ2v) is 3.86. The zero-order valence-electron chi connectivity index (χ0n) is 8.83. The fourth-order valence-corrected chi connectivity index (χ4v) is 1.48. The van der Waals surface area contributed by atoms with Gasteiger partial charge in [-0.3, -0.25) is 4.79 Å². The first-order valence-corrected chi connectivity index (χ1v) is 5.52. The molecule has 0 saturated carbocycles. The van der Waals surface area contributed by atoms with E-state index in [-0.39, 0.29) is 0 Å². The highest BCUT2D eigenvalue weighted by Crippen LogP contribution is 2.26. The van der Waals surface area contributed by atoms with Crippen LogP contribution < -0.4 is 4.74 Å². The third-order valence-corrected chi connectivity index (χ3v) is 2.42. The first kappa shape index (κ1) is 13.3. The minimum atomic E-state index is -0.534. The van der Waals surface area contributed by atoms with Crippen LogP contribution in [0, 0.1) is 0 Å². The van der Waals surface area contributed by atoms with E-state index in [9.17, 15) is 4.79 Å². The molecule has 0 saturated heterocycles. The van der Waals surface area contributed by atoms with Crippen molar-refractivity contribution in [1.82, 2.24) is 0 Å². The Kier molecular flexibility index (Phi) is 5.60. The molecule has 0 atom stereocenters. The molecular weight excluding hydrogens is 251 g/mol. The van der Waals surface area contributed by atoms with Gasteiger partial charge in [0.1, 0.15) is 5.75 Å². The SMILES string of the molecule is COCCCOc1ccc(C(=O)Cl)cc1Cl. The third kappa shape index (κ3) is 4.00. The lowest BCUT2D eigenvalue weighted by Crippen LogP contribution is -2.02. The highest BCUT2D eigenvalue weighted by molar-refractivity contribution is 6.67. The van der Waals surface area contributed by atoms with E-state index in [2.05, 4.69) is 0 Å². The van der Waals surface area contributed by atoms with E-state index in [1.807, 2.05) is 0 Å². The zero-order valence-corrected chi connectivity index (χ0v) is 10.3. The smallest absolute Gasteiger partial charge is 0.252 e. The predicted octanol–water partition coefficient (Wildman–Crippen LogP) is 3.13. The number of halogens is 2. The number of carbonyl (C=O) groups is 1. The molecule has 0 unspecified atom stereocenters. The average Bonchev–Trinajstić information content (AvgIpc) is 2.26. The lowest BCUT2D eigenvalue weighted by atomic mass is 10.2. The van der Waals surface area contributed by atoms with E-state index in [1.165, 1.54) is 6.07 Å². The van der Waals surface area contributed by atoms with Gasteiger partial charge in [-0.25, -0.2) is 0 Å². The van der Waals surface area contributed by atoms with Crippen molar-refractivity contribution in [2.24, 2.45) is 0 Å². The van der Waals surface area contributed by atoms with Crippen molar-refractivity contribution >= 4 is 28.4 Å². The molecule has 0 aliphatic heterocycles. The molecule has 0 spiro atoms. The molecule has 0 aromatic heterocycles. The summed E-state index contributed by atoms with van der Waals surface area (Å²) in [5.41, 5.74) is 0.357. The van der Waals surface area contributed by atoms with Gasteiger partial charge in [0.2, 0.25) is 0 Å². The van der Waals surface area contributed by atoms with Crippen LogP contribution in [0.4, 0.5) is 0 Å². The second-order valence-electron chi connectivity index (χ2n) is 3.11. The Morgan fingerprint density at radius 2 is 2.12 bits per heavy atom. The number of benzene rings is 1. The largest absolute Gasteiger partial charge is 0.492 e. The minimum Gasteiger partial charge on any atom is -0.492 e. The maximum absolute atomic E-state index is 10.9. The summed E-state index contributed by atoms with van der Waals surface area (Å²) >= 11 is 11.2. The van der Waals surface area contributed by atoms with E-state index in [0.29, 0.717) is 29.5 Å². The summed E-state index contributed by atoms with van der Waals surface area (Å²) < 4.78 is 10.3. The van der Waals surface area contributed by atoms with Crippen LogP contribution in [-0.4, -0.2) is 25.6 Å². The molecule has 5 heteroatoms. The van der Waals surface area contributed by atoms with Crippen LogP contribution in [0.1, 0.15) is 16.8 Å². The van der Waals surface area contributed by atoms with E-state index in [0.717, 1.165) is 6.42 Å². The van der Waals surface area contributed by atoms with Gasteiger partial charge in [0.05, 0.1) is 11.6 Å². The minimum absolute atomic E-state index is 0.357. The molecule has 16 heavy (non-hydrogen) atoms. The molecule has 0 radical (unpaired) electrons. The van der Waals surface area contributed by atoms with Gasteiger partial charge in [0.25, 0.3) is 5.24 Å². The van der Waals surface area contributed by atoms with Crippen LogP contribution in [0.2, 0.25) is 5.02 Å².